The molecule has 2 heterocycles. The van der Waals surface area contributed by atoms with Crippen molar-refractivity contribution in [2.75, 3.05) is 6.54 Å². The van der Waals surface area contributed by atoms with Gasteiger partial charge in [-0.15, -0.1) is 0 Å². The van der Waals surface area contributed by atoms with Gasteiger partial charge in [-0.2, -0.15) is 5.10 Å². The zero-order chi connectivity index (χ0) is 24.6. The molecule has 0 bridgehead atoms. The molecule has 0 spiro atoms. The Morgan fingerprint density at radius 2 is 1.69 bits per heavy atom. The van der Waals surface area contributed by atoms with Crippen LogP contribution in [0.5, 0.6) is 0 Å². The van der Waals surface area contributed by atoms with Crippen LogP contribution in [0.25, 0.3) is 10.8 Å². The van der Waals surface area contributed by atoms with Crippen LogP contribution in [0.15, 0.2) is 76.2 Å². The lowest BCUT2D eigenvalue weighted by atomic mass is 9.93. The van der Waals surface area contributed by atoms with Gasteiger partial charge in [0.1, 0.15) is 5.76 Å². The maximum atomic E-state index is 13.5. The first-order chi connectivity index (χ1) is 17.6. The Morgan fingerprint density at radius 1 is 0.917 bits per heavy atom. The molecule has 0 saturated carbocycles. The molecule has 1 aliphatic carbocycles. The number of furan rings is 1. The molecule has 1 aliphatic heterocycles. The minimum Gasteiger partial charge on any atom is -0.455 e. The van der Waals surface area contributed by atoms with Crippen LogP contribution in [0.4, 0.5) is 0 Å². The molecule has 180 valence electrons. The van der Waals surface area contributed by atoms with E-state index in [4.69, 9.17) is 4.42 Å². The van der Waals surface area contributed by atoms with E-state index in [0.717, 1.165) is 52.6 Å². The Kier molecular flexibility index (Phi) is 5.64. The van der Waals surface area contributed by atoms with Crippen molar-refractivity contribution >= 4 is 28.3 Å². The van der Waals surface area contributed by atoms with Gasteiger partial charge in [-0.05, 0) is 54.2 Å². The number of fused-ring (bicyclic) bond motifs is 3. The summed E-state index contributed by atoms with van der Waals surface area (Å²) >= 11 is 0. The Labute approximate surface area is 209 Å². The molecule has 4 aromatic rings. The van der Waals surface area contributed by atoms with Gasteiger partial charge in [0.05, 0.1) is 5.71 Å². The molecular formula is C30H27N3O3. The molecular weight excluding hydrogens is 450 g/mol. The molecule has 0 saturated heterocycles. The first kappa shape index (κ1) is 22.3. The summed E-state index contributed by atoms with van der Waals surface area (Å²) in [6.07, 6.45) is 3.17. The molecule has 2 aliphatic rings. The van der Waals surface area contributed by atoms with E-state index in [9.17, 15) is 9.59 Å². The van der Waals surface area contributed by atoms with E-state index in [2.05, 4.69) is 22.7 Å². The van der Waals surface area contributed by atoms with Gasteiger partial charge in [0.2, 0.25) is 0 Å². The summed E-state index contributed by atoms with van der Waals surface area (Å²) in [5.41, 5.74) is 8.24. The third-order valence-electron chi connectivity index (χ3n) is 7.26. The highest BCUT2D eigenvalue weighted by Crippen LogP contribution is 2.31. The van der Waals surface area contributed by atoms with Crippen molar-refractivity contribution in [2.45, 2.75) is 39.2 Å². The summed E-state index contributed by atoms with van der Waals surface area (Å²) in [5, 5.41) is 6.41. The largest absolute Gasteiger partial charge is 0.455 e. The maximum Gasteiger partial charge on any atom is 0.290 e. The van der Waals surface area contributed by atoms with E-state index < -0.39 is 0 Å². The van der Waals surface area contributed by atoms with Crippen molar-refractivity contribution in [1.82, 2.24) is 10.3 Å². The van der Waals surface area contributed by atoms with Crippen molar-refractivity contribution in [2.24, 2.45) is 5.10 Å². The number of aryl methyl sites for hydroxylation is 1. The van der Waals surface area contributed by atoms with E-state index in [0.29, 0.717) is 30.8 Å². The fraction of sp³-hybridized carbons (Fsp3) is 0.233. The fourth-order valence-electron chi connectivity index (χ4n) is 5.40. The maximum absolute atomic E-state index is 13.5. The van der Waals surface area contributed by atoms with E-state index in [1.165, 1.54) is 11.1 Å². The summed E-state index contributed by atoms with van der Waals surface area (Å²) in [6.45, 7) is 3.17. The topological polar surface area (TPSA) is 74.9 Å². The van der Waals surface area contributed by atoms with Gasteiger partial charge >= 0.3 is 0 Å². The van der Waals surface area contributed by atoms with E-state index in [-0.39, 0.29) is 11.8 Å². The quantitative estimate of drug-likeness (QED) is 0.401. The molecule has 6 nitrogen and oxygen atoms in total. The molecule has 1 N–H and O–H groups in total. The molecule has 0 unspecified atom stereocenters. The van der Waals surface area contributed by atoms with Gasteiger partial charge < -0.3 is 9.32 Å². The van der Waals surface area contributed by atoms with Gasteiger partial charge in [0, 0.05) is 36.2 Å². The van der Waals surface area contributed by atoms with Crippen LogP contribution in [0, 0.1) is 6.92 Å². The van der Waals surface area contributed by atoms with E-state index in [1.54, 1.807) is 6.07 Å². The van der Waals surface area contributed by atoms with Gasteiger partial charge in [0.25, 0.3) is 11.8 Å². The van der Waals surface area contributed by atoms with Gasteiger partial charge in [-0.25, -0.2) is 5.43 Å². The SMILES string of the molecule is Cc1c(C(=O)N2CCc3ccccc3C2)oc2c1/C(=N/NC(=O)c1cccc3ccccc13)CCC2. The Hall–Kier alpha value is -4.19. The molecule has 1 aromatic heterocycles. The second kappa shape index (κ2) is 9.11. The van der Waals surface area contributed by atoms with Crippen LogP contribution in [0.3, 0.4) is 0 Å². The molecule has 36 heavy (non-hydrogen) atoms. The van der Waals surface area contributed by atoms with Crippen LogP contribution in [0.1, 0.15) is 61.8 Å². The highest BCUT2D eigenvalue weighted by molar-refractivity contribution is 6.09. The van der Waals surface area contributed by atoms with Crippen LogP contribution >= 0.6 is 0 Å². The summed E-state index contributed by atoms with van der Waals surface area (Å²) in [4.78, 5) is 28.3. The Balaban J connectivity index is 1.26. The minimum absolute atomic E-state index is 0.0875. The number of hydrazone groups is 1. The van der Waals surface area contributed by atoms with Gasteiger partial charge in [-0.1, -0.05) is 60.7 Å². The number of hydrogen-bond acceptors (Lipinski definition) is 4. The first-order valence-electron chi connectivity index (χ1n) is 12.4. The van der Waals surface area contributed by atoms with Crippen LogP contribution < -0.4 is 5.43 Å². The lowest BCUT2D eigenvalue weighted by Crippen LogP contribution is -2.36. The van der Waals surface area contributed by atoms with Crippen LogP contribution in [0.2, 0.25) is 0 Å². The lowest BCUT2D eigenvalue weighted by Gasteiger charge is -2.28. The molecule has 0 fully saturated rings. The Morgan fingerprint density at radius 3 is 2.58 bits per heavy atom. The minimum atomic E-state index is -0.254. The number of carbonyl (C=O) groups is 2. The smallest absolute Gasteiger partial charge is 0.290 e. The number of nitrogens with zero attached hydrogens (tertiary/aromatic N) is 2. The van der Waals surface area contributed by atoms with Crippen molar-refractivity contribution in [3.8, 4) is 0 Å². The zero-order valence-electron chi connectivity index (χ0n) is 20.2. The molecule has 0 atom stereocenters. The number of amides is 2. The molecule has 3 aromatic carbocycles. The molecule has 6 heteroatoms. The summed E-state index contributed by atoms with van der Waals surface area (Å²) < 4.78 is 6.13. The highest BCUT2D eigenvalue weighted by atomic mass is 16.4. The third kappa shape index (κ3) is 3.88. The Bertz CT molecular complexity index is 1530. The van der Waals surface area contributed by atoms with E-state index >= 15 is 0 Å². The molecule has 0 radical (unpaired) electrons. The fourth-order valence-corrected chi connectivity index (χ4v) is 5.40. The molecule has 2 amide bonds. The third-order valence-corrected chi connectivity index (χ3v) is 7.26. The lowest BCUT2D eigenvalue weighted by molar-refractivity contribution is 0.0699. The standard InChI is InChI=1S/C30H27N3O3/c1-19-27-25(31-32-29(34)24-13-6-11-21-9-4-5-12-23(21)24)14-7-15-26(27)36-28(19)30(35)33-17-16-20-8-2-3-10-22(20)18-33/h2-6,8-13H,7,14-18H2,1H3,(H,32,34)/b31-25+. The normalized spacial score (nSPS) is 16.0. The van der Waals surface area contributed by atoms with Crippen LogP contribution in [-0.2, 0) is 19.4 Å². The number of benzene rings is 3. The van der Waals surface area contributed by atoms with Crippen molar-refractivity contribution in [1.29, 1.82) is 0 Å². The number of hydrogen-bond donors (Lipinski definition) is 1. The average molecular weight is 478 g/mol. The second-order valence-corrected chi connectivity index (χ2v) is 9.48. The van der Waals surface area contributed by atoms with Crippen molar-refractivity contribution < 1.29 is 14.0 Å². The zero-order valence-corrected chi connectivity index (χ0v) is 20.2. The van der Waals surface area contributed by atoms with Gasteiger partial charge in [0.15, 0.2) is 5.76 Å². The molecule has 6 rings (SSSR count). The number of rotatable bonds is 3. The van der Waals surface area contributed by atoms with Crippen molar-refractivity contribution in [3.63, 3.8) is 0 Å². The number of nitrogens with one attached hydrogen (secondary N) is 1. The monoisotopic (exact) mass is 477 g/mol. The summed E-state index contributed by atoms with van der Waals surface area (Å²) in [5.74, 6) is 0.818. The summed E-state index contributed by atoms with van der Waals surface area (Å²) in [7, 11) is 0. The first-order valence-corrected chi connectivity index (χ1v) is 12.4. The second-order valence-electron chi connectivity index (χ2n) is 9.48. The van der Waals surface area contributed by atoms with E-state index in [1.807, 2.05) is 60.4 Å². The highest BCUT2D eigenvalue weighted by Gasteiger charge is 2.31. The van der Waals surface area contributed by atoms with Crippen molar-refractivity contribution in [3.05, 3.63) is 106 Å². The van der Waals surface area contributed by atoms with Gasteiger partial charge in [-0.3, -0.25) is 9.59 Å². The summed E-state index contributed by atoms with van der Waals surface area (Å²) in [6, 6.07) is 21.7. The number of carbonyl (C=O) groups excluding carboxylic acids is 2. The van der Waals surface area contributed by atoms with Crippen LogP contribution in [-0.4, -0.2) is 29.0 Å². The predicted octanol–water partition coefficient (Wildman–Crippen LogP) is 5.41. The predicted molar refractivity (Wildman–Crippen MR) is 139 cm³/mol. The average Bonchev–Trinajstić information content (AvgIpc) is 3.27.